The molecule has 1 aliphatic heterocycles. The molecule has 0 aromatic heterocycles. The summed E-state index contributed by atoms with van der Waals surface area (Å²) < 4.78 is 19.0. The Labute approximate surface area is 190 Å². The zero-order chi connectivity index (χ0) is 22.9. The van der Waals surface area contributed by atoms with Crippen molar-refractivity contribution in [2.75, 3.05) is 45.9 Å². The molecule has 0 aliphatic carbocycles. The van der Waals surface area contributed by atoms with Crippen molar-refractivity contribution in [3.05, 3.63) is 65.0 Å². The number of benzene rings is 2. The average Bonchev–Trinajstić information content (AvgIpc) is 2.80. The first kappa shape index (κ1) is 24.1. The lowest BCUT2D eigenvalue weighted by atomic mass is 10.1. The number of halogens is 1. The summed E-state index contributed by atoms with van der Waals surface area (Å²) in [6, 6.07) is 11.4. The number of rotatable bonds is 11. The lowest BCUT2D eigenvalue weighted by molar-refractivity contribution is 0.0952. The van der Waals surface area contributed by atoms with E-state index in [0.29, 0.717) is 18.6 Å². The number of hydrogen-bond acceptors (Lipinski definition) is 5. The Morgan fingerprint density at radius 2 is 1.56 bits per heavy atom. The fourth-order valence-corrected chi connectivity index (χ4v) is 3.98. The number of ether oxygens (including phenoxy) is 1. The average molecular weight is 441 g/mol. The van der Waals surface area contributed by atoms with E-state index in [2.05, 4.69) is 16.7 Å². The highest BCUT2D eigenvalue weighted by molar-refractivity contribution is 5.96. The van der Waals surface area contributed by atoms with Crippen LogP contribution in [0.3, 0.4) is 0 Å². The Morgan fingerprint density at radius 3 is 2.19 bits per heavy atom. The van der Waals surface area contributed by atoms with Crippen molar-refractivity contribution in [1.82, 2.24) is 9.80 Å². The molecule has 0 N–H and O–H groups in total. The lowest BCUT2D eigenvalue weighted by Crippen LogP contribution is -2.47. The van der Waals surface area contributed by atoms with Gasteiger partial charge in [-0.3, -0.25) is 14.5 Å². The van der Waals surface area contributed by atoms with Gasteiger partial charge in [-0.25, -0.2) is 4.39 Å². The van der Waals surface area contributed by atoms with Crippen LogP contribution in [-0.4, -0.2) is 67.2 Å². The van der Waals surface area contributed by atoms with Gasteiger partial charge in [0.25, 0.3) is 0 Å². The van der Waals surface area contributed by atoms with E-state index in [0.717, 1.165) is 69.0 Å². The van der Waals surface area contributed by atoms with E-state index < -0.39 is 0 Å². The van der Waals surface area contributed by atoms with Crippen LogP contribution >= 0.6 is 0 Å². The summed E-state index contributed by atoms with van der Waals surface area (Å²) in [4.78, 5) is 28.6. The Kier molecular flexibility index (Phi) is 8.94. The predicted octanol–water partition coefficient (Wildman–Crippen LogP) is 4.25. The number of carbonyl (C=O) groups excluding carboxylic acids is 2. The second-order valence-corrected chi connectivity index (χ2v) is 8.30. The number of hydrogen-bond donors (Lipinski definition) is 0. The first-order valence-electron chi connectivity index (χ1n) is 11.5. The van der Waals surface area contributed by atoms with E-state index in [-0.39, 0.29) is 17.4 Å². The van der Waals surface area contributed by atoms with Crippen molar-refractivity contribution in [3.8, 4) is 5.75 Å². The Balaban J connectivity index is 1.33. The molecule has 2 aromatic rings. The van der Waals surface area contributed by atoms with Gasteiger partial charge in [-0.1, -0.05) is 6.92 Å². The third-order valence-electron chi connectivity index (χ3n) is 6.02. The highest BCUT2D eigenvalue weighted by Crippen LogP contribution is 2.21. The Hall–Kier alpha value is -2.57. The molecular weight excluding hydrogens is 407 g/mol. The largest absolute Gasteiger partial charge is 0.492 e. The molecule has 1 heterocycles. The fraction of sp³-hybridized carbons (Fsp3) is 0.462. The number of carbonyl (C=O) groups is 2. The number of piperazine rings is 1. The first-order valence-corrected chi connectivity index (χ1v) is 11.5. The Morgan fingerprint density at radius 1 is 0.938 bits per heavy atom. The van der Waals surface area contributed by atoms with Crippen LogP contribution in [0.1, 0.15) is 53.0 Å². The van der Waals surface area contributed by atoms with Gasteiger partial charge in [0.2, 0.25) is 0 Å². The zero-order valence-corrected chi connectivity index (χ0v) is 19.1. The maximum absolute atomic E-state index is 13.0. The maximum Gasteiger partial charge on any atom is 0.162 e. The fourth-order valence-electron chi connectivity index (χ4n) is 3.98. The molecule has 0 saturated carbocycles. The third-order valence-corrected chi connectivity index (χ3v) is 6.02. The van der Waals surface area contributed by atoms with Gasteiger partial charge in [-0.2, -0.15) is 0 Å². The van der Waals surface area contributed by atoms with Crippen molar-refractivity contribution < 1.29 is 18.7 Å². The smallest absolute Gasteiger partial charge is 0.162 e. The van der Waals surface area contributed by atoms with Gasteiger partial charge in [-0.05, 0) is 74.3 Å². The monoisotopic (exact) mass is 440 g/mol. The zero-order valence-electron chi connectivity index (χ0n) is 19.1. The van der Waals surface area contributed by atoms with Crippen molar-refractivity contribution in [2.45, 2.75) is 33.1 Å². The SMILES string of the molecule is CCc1cc(C(C)=O)ccc1OCCN1CCN(CCCC(=O)c2ccc(F)cc2)CC1. The normalized spacial score (nSPS) is 15.0. The highest BCUT2D eigenvalue weighted by atomic mass is 19.1. The molecule has 0 amide bonds. The van der Waals surface area contributed by atoms with Gasteiger partial charge in [0.1, 0.15) is 18.2 Å². The van der Waals surface area contributed by atoms with Gasteiger partial charge >= 0.3 is 0 Å². The van der Waals surface area contributed by atoms with Gasteiger partial charge in [0.05, 0.1) is 0 Å². The molecule has 6 heteroatoms. The number of nitrogens with zero attached hydrogens (tertiary/aromatic N) is 2. The molecule has 1 saturated heterocycles. The van der Waals surface area contributed by atoms with Crippen LogP contribution < -0.4 is 4.74 Å². The van der Waals surface area contributed by atoms with Gasteiger partial charge in [0.15, 0.2) is 11.6 Å². The van der Waals surface area contributed by atoms with Crippen molar-refractivity contribution in [3.63, 3.8) is 0 Å². The molecule has 1 aliphatic rings. The molecule has 0 unspecified atom stereocenters. The van der Waals surface area contributed by atoms with E-state index in [1.807, 2.05) is 18.2 Å². The lowest BCUT2D eigenvalue weighted by Gasteiger charge is -2.34. The van der Waals surface area contributed by atoms with Gasteiger partial charge in [-0.15, -0.1) is 0 Å². The van der Waals surface area contributed by atoms with E-state index in [4.69, 9.17) is 4.74 Å². The number of ketones is 2. The molecule has 2 aromatic carbocycles. The van der Waals surface area contributed by atoms with Crippen LogP contribution in [0.5, 0.6) is 5.75 Å². The highest BCUT2D eigenvalue weighted by Gasteiger charge is 2.17. The van der Waals surface area contributed by atoms with Crippen molar-refractivity contribution in [1.29, 1.82) is 0 Å². The maximum atomic E-state index is 13.0. The van der Waals surface area contributed by atoms with Crippen LogP contribution in [-0.2, 0) is 6.42 Å². The van der Waals surface area contributed by atoms with E-state index in [9.17, 15) is 14.0 Å². The minimum absolute atomic E-state index is 0.0727. The van der Waals surface area contributed by atoms with Crippen LogP contribution in [0.25, 0.3) is 0 Å². The van der Waals surface area contributed by atoms with Crippen LogP contribution in [0.2, 0.25) is 0 Å². The molecule has 0 radical (unpaired) electrons. The summed E-state index contributed by atoms with van der Waals surface area (Å²) in [5.74, 6) is 0.691. The van der Waals surface area contributed by atoms with Gasteiger partial charge in [0, 0.05) is 50.3 Å². The molecule has 0 spiro atoms. The Bertz CT molecular complexity index is 906. The van der Waals surface area contributed by atoms with Crippen LogP contribution in [0.4, 0.5) is 4.39 Å². The molecule has 1 fully saturated rings. The van der Waals surface area contributed by atoms with Crippen LogP contribution in [0, 0.1) is 5.82 Å². The molecule has 0 atom stereocenters. The minimum Gasteiger partial charge on any atom is -0.492 e. The summed E-state index contributed by atoms with van der Waals surface area (Å²) >= 11 is 0. The third kappa shape index (κ3) is 6.97. The van der Waals surface area contributed by atoms with Gasteiger partial charge < -0.3 is 9.64 Å². The second-order valence-electron chi connectivity index (χ2n) is 8.30. The molecular formula is C26H33FN2O3. The minimum atomic E-state index is -0.318. The van der Waals surface area contributed by atoms with Crippen LogP contribution in [0.15, 0.2) is 42.5 Å². The van der Waals surface area contributed by atoms with E-state index >= 15 is 0 Å². The van der Waals surface area contributed by atoms with E-state index in [1.54, 1.807) is 19.1 Å². The quantitative estimate of drug-likeness (QED) is 0.489. The summed E-state index contributed by atoms with van der Waals surface area (Å²) in [7, 11) is 0. The topological polar surface area (TPSA) is 49.9 Å². The summed E-state index contributed by atoms with van der Waals surface area (Å²) in [6.07, 6.45) is 2.13. The molecule has 32 heavy (non-hydrogen) atoms. The summed E-state index contributed by atoms with van der Waals surface area (Å²) in [6.45, 7) is 9.98. The van der Waals surface area contributed by atoms with E-state index in [1.165, 1.54) is 12.1 Å². The summed E-state index contributed by atoms with van der Waals surface area (Å²) in [5, 5.41) is 0. The molecule has 3 rings (SSSR count). The second kappa shape index (κ2) is 11.9. The van der Waals surface area contributed by atoms with Crippen molar-refractivity contribution >= 4 is 11.6 Å². The standard InChI is InChI=1S/C26H33FN2O3/c1-3-21-19-23(20(2)30)8-11-26(21)32-18-17-29-15-13-28(14-16-29)12-4-5-25(31)22-6-9-24(27)10-7-22/h6-11,19H,3-5,12-18H2,1-2H3. The first-order chi connectivity index (χ1) is 15.5. The summed E-state index contributed by atoms with van der Waals surface area (Å²) in [5.41, 5.74) is 2.38. The van der Waals surface area contributed by atoms with Crippen molar-refractivity contribution in [2.24, 2.45) is 0 Å². The molecule has 0 bridgehead atoms. The molecule has 5 nitrogen and oxygen atoms in total. The number of Topliss-reactive ketones (excluding diaryl/α,β-unsaturated/α-hetero) is 2. The predicted molar refractivity (Wildman–Crippen MR) is 124 cm³/mol. The number of aryl methyl sites for hydroxylation is 1. The molecule has 172 valence electrons.